The van der Waals surface area contributed by atoms with Crippen molar-refractivity contribution in [1.82, 2.24) is 15.0 Å². The topological polar surface area (TPSA) is 73.9 Å². The third kappa shape index (κ3) is 2.29. The van der Waals surface area contributed by atoms with Gasteiger partial charge in [0, 0.05) is 23.8 Å². The molecule has 1 fully saturated rings. The Hall–Kier alpha value is -2.53. The first-order valence-corrected chi connectivity index (χ1v) is 7.40. The van der Waals surface area contributed by atoms with Gasteiger partial charge in [-0.05, 0) is 31.0 Å². The normalized spacial score (nSPS) is 17.9. The molecule has 3 heterocycles. The van der Waals surface area contributed by atoms with Crippen LogP contribution in [0.5, 0.6) is 0 Å². The molecule has 1 aliphatic rings. The standard InChI is InChI=1S/C17H16N4O/c18-15-10-20-16(17(21-15)14-4-2-8-22-14)12-5-6-13-11(9-12)3-1-7-19-13/h1,3,5-7,9-10,14H,2,4,8H2,(H2,18,21). The van der Waals surface area contributed by atoms with Crippen LogP contribution in [0.2, 0.25) is 0 Å². The van der Waals surface area contributed by atoms with E-state index in [-0.39, 0.29) is 6.10 Å². The number of fused-ring (bicyclic) bond motifs is 1. The molecule has 5 nitrogen and oxygen atoms in total. The van der Waals surface area contributed by atoms with E-state index < -0.39 is 0 Å². The molecule has 5 heteroatoms. The van der Waals surface area contributed by atoms with Gasteiger partial charge in [0.05, 0.1) is 23.1 Å². The first kappa shape index (κ1) is 13.2. The molecule has 2 N–H and O–H groups in total. The Bertz CT molecular complexity index is 828. The molecule has 0 saturated carbocycles. The highest BCUT2D eigenvalue weighted by Crippen LogP contribution is 2.34. The van der Waals surface area contributed by atoms with E-state index in [1.807, 2.05) is 24.3 Å². The molecular formula is C17H16N4O. The first-order valence-electron chi connectivity index (χ1n) is 7.40. The van der Waals surface area contributed by atoms with Crippen molar-refractivity contribution >= 4 is 16.7 Å². The van der Waals surface area contributed by atoms with Gasteiger partial charge in [-0.25, -0.2) is 4.98 Å². The van der Waals surface area contributed by atoms with Crippen molar-refractivity contribution in [2.75, 3.05) is 12.3 Å². The number of hydrogen-bond donors (Lipinski definition) is 1. The minimum absolute atomic E-state index is 0.0180. The number of rotatable bonds is 2. The second-order valence-electron chi connectivity index (χ2n) is 5.44. The highest BCUT2D eigenvalue weighted by atomic mass is 16.5. The van der Waals surface area contributed by atoms with Gasteiger partial charge in [0.1, 0.15) is 11.9 Å². The average Bonchev–Trinajstić information content (AvgIpc) is 3.09. The summed E-state index contributed by atoms with van der Waals surface area (Å²) in [5.74, 6) is 0.428. The van der Waals surface area contributed by atoms with E-state index in [0.717, 1.165) is 47.3 Å². The van der Waals surface area contributed by atoms with Gasteiger partial charge < -0.3 is 10.5 Å². The van der Waals surface area contributed by atoms with Crippen LogP contribution in [-0.4, -0.2) is 21.6 Å². The van der Waals surface area contributed by atoms with Crippen LogP contribution >= 0.6 is 0 Å². The molecule has 0 radical (unpaired) electrons. The predicted octanol–water partition coefficient (Wildman–Crippen LogP) is 3.13. The van der Waals surface area contributed by atoms with Crippen LogP contribution in [0.1, 0.15) is 24.6 Å². The van der Waals surface area contributed by atoms with Gasteiger partial charge >= 0.3 is 0 Å². The van der Waals surface area contributed by atoms with Crippen LogP contribution in [0, 0.1) is 0 Å². The van der Waals surface area contributed by atoms with Crippen LogP contribution < -0.4 is 5.73 Å². The monoisotopic (exact) mass is 292 g/mol. The quantitative estimate of drug-likeness (QED) is 0.785. The summed E-state index contributed by atoms with van der Waals surface area (Å²) in [5, 5.41) is 1.08. The van der Waals surface area contributed by atoms with Crippen molar-refractivity contribution in [2.45, 2.75) is 18.9 Å². The summed E-state index contributed by atoms with van der Waals surface area (Å²) >= 11 is 0. The van der Waals surface area contributed by atoms with Gasteiger partial charge in [-0.1, -0.05) is 12.1 Å². The number of ether oxygens (including phenoxy) is 1. The molecule has 2 aromatic heterocycles. The van der Waals surface area contributed by atoms with Crippen LogP contribution in [0.15, 0.2) is 42.7 Å². The van der Waals surface area contributed by atoms with E-state index in [2.05, 4.69) is 21.0 Å². The molecule has 0 bridgehead atoms. The molecule has 1 unspecified atom stereocenters. The van der Waals surface area contributed by atoms with Crippen molar-refractivity contribution in [2.24, 2.45) is 0 Å². The number of nitrogens with zero attached hydrogens (tertiary/aromatic N) is 3. The van der Waals surface area contributed by atoms with Crippen molar-refractivity contribution in [3.63, 3.8) is 0 Å². The average molecular weight is 292 g/mol. The minimum atomic E-state index is -0.0180. The fourth-order valence-electron chi connectivity index (χ4n) is 2.88. The Kier molecular flexibility index (Phi) is 3.20. The Balaban J connectivity index is 1.86. The number of benzene rings is 1. The van der Waals surface area contributed by atoms with E-state index in [9.17, 15) is 0 Å². The number of nitrogens with two attached hydrogens (primary N) is 1. The second kappa shape index (κ2) is 5.35. The van der Waals surface area contributed by atoms with E-state index in [1.54, 1.807) is 12.4 Å². The largest absolute Gasteiger partial charge is 0.382 e. The molecule has 0 amide bonds. The van der Waals surface area contributed by atoms with Gasteiger partial charge in [0.2, 0.25) is 0 Å². The van der Waals surface area contributed by atoms with Crippen LogP contribution in [0.4, 0.5) is 5.82 Å². The Morgan fingerprint density at radius 2 is 2.14 bits per heavy atom. The van der Waals surface area contributed by atoms with E-state index >= 15 is 0 Å². The highest BCUT2D eigenvalue weighted by molar-refractivity contribution is 5.84. The fraction of sp³-hybridized carbons (Fsp3) is 0.235. The summed E-state index contributed by atoms with van der Waals surface area (Å²) in [4.78, 5) is 13.3. The van der Waals surface area contributed by atoms with Crippen LogP contribution in [-0.2, 0) is 4.74 Å². The van der Waals surface area contributed by atoms with Gasteiger partial charge in [-0.3, -0.25) is 9.97 Å². The molecule has 0 aliphatic carbocycles. The molecule has 1 aromatic carbocycles. The summed E-state index contributed by atoms with van der Waals surface area (Å²) < 4.78 is 5.77. The Labute approximate surface area is 128 Å². The summed E-state index contributed by atoms with van der Waals surface area (Å²) in [5.41, 5.74) is 9.48. The lowest BCUT2D eigenvalue weighted by Gasteiger charge is -2.14. The summed E-state index contributed by atoms with van der Waals surface area (Å²) in [7, 11) is 0. The minimum Gasteiger partial charge on any atom is -0.382 e. The van der Waals surface area contributed by atoms with Crippen LogP contribution in [0.25, 0.3) is 22.2 Å². The molecule has 3 aromatic rings. The summed E-state index contributed by atoms with van der Waals surface area (Å²) in [6.07, 6.45) is 5.38. The lowest BCUT2D eigenvalue weighted by Crippen LogP contribution is -2.06. The lowest BCUT2D eigenvalue weighted by molar-refractivity contribution is 0.109. The smallest absolute Gasteiger partial charge is 0.142 e. The van der Waals surface area contributed by atoms with Gasteiger partial charge in [0.15, 0.2) is 0 Å². The maximum Gasteiger partial charge on any atom is 0.142 e. The highest BCUT2D eigenvalue weighted by Gasteiger charge is 2.24. The summed E-state index contributed by atoms with van der Waals surface area (Å²) in [6, 6.07) is 10.1. The van der Waals surface area contributed by atoms with Crippen molar-refractivity contribution in [3.8, 4) is 11.3 Å². The van der Waals surface area contributed by atoms with Gasteiger partial charge in [0.25, 0.3) is 0 Å². The predicted molar refractivity (Wildman–Crippen MR) is 85.1 cm³/mol. The molecule has 22 heavy (non-hydrogen) atoms. The molecule has 4 rings (SSSR count). The molecule has 1 saturated heterocycles. The van der Waals surface area contributed by atoms with Crippen LogP contribution in [0.3, 0.4) is 0 Å². The van der Waals surface area contributed by atoms with Crippen molar-refractivity contribution in [1.29, 1.82) is 0 Å². The number of nitrogen functional groups attached to an aromatic ring is 1. The molecule has 0 spiro atoms. The number of hydrogen-bond acceptors (Lipinski definition) is 5. The van der Waals surface area contributed by atoms with Crippen molar-refractivity contribution in [3.05, 3.63) is 48.4 Å². The number of aromatic nitrogens is 3. The lowest BCUT2D eigenvalue weighted by atomic mass is 10.0. The molecule has 1 aliphatic heterocycles. The third-order valence-electron chi connectivity index (χ3n) is 3.93. The first-order chi connectivity index (χ1) is 10.8. The zero-order valence-electron chi connectivity index (χ0n) is 12.1. The van der Waals surface area contributed by atoms with Crippen molar-refractivity contribution < 1.29 is 4.74 Å². The zero-order valence-corrected chi connectivity index (χ0v) is 12.1. The molecular weight excluding hydrogens is 276 g/mol. The fourth-order valence-corrected chi connectivity index (χ4v) is 2.88. The SMILES string of the molecule is Nc1cnc(-c2ccc3ncccc3c2)c(C2CCCO2)n1. The maximum atomic E-state index is 5.82. The van der Waals surface area contributed by atoms with E-state index in [1.165, 1.54) is 0 Å². The molecule has 110 valence electrons. The zero-order chi connectivity index (χ0) is 14.9. The Morgan fingerprint density at radius 1 is 1.18 bits per heavy atom. The van der Waals surface area contributed by atoms with E-state index in [4.69, 9.17) is 10.5 Å². The molecule has 1 atom stereocenters. The van der Waals surface area contributed by atoms with Gasteiger partial charge in [-0.15, -0.1) is 0 Å². The van der Waals surface area contributed by atoms with Gasteiger partial charge in [-0.2, -0.15) is 0 Å². The number of pyridine rings is 1. The summed E-state index contributed by atoms with van der Waals surface area (Å²) in [6.45, 7) is 0.766. The second-order valence-corrected chi connectivity index (χ2v) is 5.44. The van der Waals surface area contributed by atoms with E-state index in [0.29, 0.717) is 5.82 Å². The maximum absolute atomic E-state index is 5.82. The number of anilines is 1. The third-order valence-corrected chi connectivity index (χ3v) is 3.93. The Morgan fingerprint density at radius 3 is 3.00 bits per heavy atom.